The van der Waals surface area contributed by atoms with Crippen LogP contribution in [0.4, 0.5) is 13.2 Å². The molecule has 0 bridgehead atoms. The summed E-state index contributed by atoms with van der Waals surface area (Å²) in [6, 6.07) is 6.58. The van der Waals surface area contributed by atoms with Crippen molar-refractivity contribution in [2.45, 2.75) is 32.5 Å². The van der Waals surface area contributed by atoms with E-state index < -0.39 is 11.7 Å². The lowest BCUT2D eigenvalue weighted by atomic mass is 9.94. The van der Waals surface area contributed by atoms with Crippen LogP contribution >= 0.6 is 0 Å². The largest absolute Gasteiger partial charge is 0.416 e. The van der Waals surface area contributed by atoms with Crippen LogP contribution in [0.2, 0.25) is 0 Å². The Hall–Kier alpha value is -2.90. The number of hydrogen-bond acceptors (Lipinski definition) is 3. The van der Waals surface area contributed by atoms with Crippen LogP contribution in [0, 0.1) is 12.8 Å². The molecular formula is C20H19F3N4O. The van der Waals surface area contributed by atoms with Crippen molar-refractivity contribution in [1.82, 2.24) is 20.1 Å². The number of carbonyl (C=O) groups is 1. The molecule has 0 saturated carbocycles. The summed E-state index contributed by atoms with van der Waals surface area (Å²) < 4.78 is 38.6. The number of alkyl halides is 3. The molecule has 1 saturated heterocycles. The second-order valence-electron chi connectivity index (χ2n) is 7.27. The molecule has 1 aliphatic rings. The van der Waals surface area contributed by atoms with E-state index in [-0.39, 0.29) is 17.9 Å². The third kappa shape index (κ3) is 3.12. The van der Waals surface area contributed by atoms with Gasteiger partial charge in [0.15, 0.2) is 5.65 Å². The summed E-state index contributed by atoms with van der Waals surface area (Å²) in [5.74, 6) is -0.0303. The molecule has 1 aromatic carbocycles. The first-order valence-corrected chi connectivity index (χ1v) is 9.04. The Kier molecular flexibility index (Phi) is 4.36. The predicted molar refractivity (Wildman–Crippen MR) is 97.6 cm³/mol. The third-order valence-corrected chi connectivity index (χ3v) is 5.39. The molecule has 1 N–H and O–H groups in total. The molecule has 5 nitrogen and oxygen atoms in total. The third-order valence-electron chi connectivity index (χ3n) is 5.39. The minimum atomic E-state index is -4.38. The van der Waals surface area contributed by atoms with Crippen molar-refractivity contribution < 1.29 is 18.0 Å². The average molecular weight is 388 g/mol. The van der Waals surface area contributed by atoms with E-state index in [9.17, 15) is 18.0 Å². The van der Waals surface area contributed by atoms with Gasteiger partial charge in [-0.05, 0) is 43.0 Å². The van der Waals surface area contributed by atoms with Gasteiger partial charge in [-0.3, -0.25) is 9.89 Å². The van der Waals surface area contributed by atoms with E-state index in [1.165, 1.54) is 18.3 Å². The molecule has 0 unspecified atom stereocenters. The monoisotopic (exact) mass is 388 g/mol. The summed E-state index contributed by atoms with van der Waals surface area (Å²) in [5, 5.41) is 7.69. The number of fused-ring (bicyclic) bond motifs is 1. The molecule has 1 amide bonds. The summed E-state index contributed by atoms with van der Waals surface area (Å²) in [6.45, 7) is 4.42. The number of nitrogens with zero attached hydrogens (tertiary/aromatic N) is 3. The number of pyridine rings is 1. The zero-order valence-corrected chi connectivity index (χ0v) is 15.4. The molecule has 28 heavy (non-hydrogen) atoms. The van der Waals surface area contributed by atoms with Gasteiger partial charge in [0.25, 0.3) is 5.91 Å². The van der Waals surface area contributed by atoms with Crippen molar-refractivity contribution in [1.29, 1.82) is 0 Å². The number of aromatic amines is 1. The highest BCUT2D eigenvalue weighted by Crippen LogP contribution is 2.39. The number of amides is 1. The van der Waals surface area contributed by atoms with Crippen LogP contribution in [0.5, 0.6) is 0 Å². The Labute approximate surface area is 159 Å². The number of rotatable bonds is 2. The SMILES string of the molecule is Cc1[nH]nc2ncc(C(=O)N3CC[C@@H](C)[C@H]3c3ccc(C(F)(F)F)cc3)cc12. The molecule has 3 heterocycles. The van der Waals surface area contributed by atoms with Crippen LogP contribution in [0.1, 0.15) is 46.6 Å². The topological polar surface area (TPSA) is 61.9 Å². The zero-order chi connectivity index (χ0) is 20.1. The summed E-state index contributed by atoms with van der Waals surface area (Å²) in [4.78, 5) is 19.1. The molecule has 0 spiro atoms. The Morgan fingerprint density at radius 3 is 2.64 bits per heavy atom. The highest BCUT2D eigenvalue weighted by molar-refractivity contribution is 5.97. The fraction of sp³-hybridized carbons (Fsp3) is 0.350. The van der Waals surface area contributed by atoms with Crippen LogP contribution in [0.25, 0.3) is 11.0 Å². The van der Waals surface area contributed by atoms with Crippen LogP contribution in [0.15, 0.2) is 36.5 Å². The highest BCUT2D eigenvalue weighted by atomic mass is 19.4. The average Bonchev–Trinajstić information content (AvgIpc) is 3.23. The number of halogens is 3. The second-order valence-corrected chi connectivity index (χ2v) is 7.27. The molecule has 0 aliphatic carbocycles. The fourth-order valence-electron chi connectivity index (χ4n) is 3.85. The minimum Gasteiger partial charge on any atom is -0.331 e. The first-order valence-electron chi connectivity index (χ1n) is 9.04. The van der Waals surface area contributed by atoms with Crippen LogP contribution in [-0.2, 0) is 6.18 Å². The number of nitrogens with one attached hydrogen (secondary N) is 1. The van der Waals surface area contributed by atoms with Gasteiger partial charge in [-0.1, -0.05) is 19.1 Å². The van der Waals surface area contributed by atoms with E-state index in [4.69, 9.17) is 0 Å². The zero-order valence-electron chi connectivity index (χ0n) is 15.4. The van der Waals surface area contributed by atoms with Gasteiger partial charge in [0.1, 0.15) is 0 Å². The Bertz CT molecular complexity index is 1030. The molecule has 2 aromatic heterocycles. The van der Waals surface area contributed by atoms with Gasteiger partial charge in [0.05, 0.1) is 17.2 Å². The maximum Gasteiger partial charge on any atom is 0.416 e. The quantitative estimate of drug-likeness (QED) is 0.703. The molecule has 1 aliphatic heterocycles. The molecular weight excluding hydrogens is 369 g/mol. The van der Waals surface area contributed by atoms with Gasteiger partial charge in [0.2, 0.25) is 0 Å². The van der Waals surface area contributed by atoms with Gasteiger partial charge in [0, 0.05) is 23.8 Å². The van der Waals surface area contributed by atoms with E-state index in [0.717, 1.165) is 29.6 Å². The molecule has 2 atom stereocenters. The van der Waals surface area contributed by atoms with Crippen LogP contribution in [0.3, 0.4) is 0 Å². The van der Waals surface area contributed by atoms with Gasteiger partial charge in [-0.25, -0.2) is 4.98 Å². The van der Waals surface area contributed by atoms with Crippen LogP contribution in [-0.4, -0.2) is 32.5 Å². The lowest BCUT2D eigenvalue weighted by Gasteiger charge is -2.28. The molecule has 8 heteroatoms. The van der Waals surface area contributed by atoms with Crippen molar-refractivity contribution in [3.63, 3.8) is 0 Å². The maximum atomic E-state index is 13.2. The van der Waals surface area contributed by atoms with Gasteiger partial charge in [-0.2, -0.15) is 18.3 Å². The lowest BCUT2D eigenvalue weighted by Crippen LogP contribution is -2.32. The van der Waals surface area contributed by atoms with E-state index in [2.05, 4.69) is 15.2 Å². The number of benzene rings is 1. The Balaban J connectivity index is 1.65. The first-order chi connectivity index (χ1) is 13.3. The van der Waals surface area contributed by atoms with Crippen molar-refractivity contribution in [3.05, 3.63) is 58.9 Å². The number of H-pyrrole nitrogens is 1. The fourth-order valence-corrected chi connectivity index (χ4v) is 3.85. The Morgan fingerprint density at radius 1 is 1.25 bits per heavy atom. The first kappa shape index (κ1) is 18.5. The number of hydrogen-bond donors (Lipinski definition) is 1. The van der Waals surface area contributed by atoms with Crippen molar-refractivity contribution in [3.8, 4) is 0 Å². The summed E-state index contributed by atoms with van der Waals surface area (Å²) in [7, 11) is 0. The van der Waals surface area contributed by atoms with E-state index >= 15 is 0 Å². The summed E-state index contributed by atoms with van der Waals surface area (Å²) >= 11 is 0. The molecule has 146 valence electrons. The summed E-state index contributed by atoms with van der Waals surface area (Å²) in [6.07, 6.45) is -2.09. The number of carbonyl (C=O) groups excluding carboxylic acids is 1. The van der Waals surface area contributed by atoms with Gasteiger partial charge >= 0.3 is 6.18 Å². The summed E-state index contributed by atoms with van der Waals surface area (Å²) in [5.41, 5.74) is 1.84. The smallest absolute Gasteiger partial charge is 0.331 e. The highest BCUT2D eigenvalue weighted by Gasteiger charge is 2.37. The van der Waals surface area contributed by atoms with E-state index in [1.54, 1.807) is 11.0 Å². The van der Waals surface area contributed by atoms with Gasteiger partial charge < -0.3 is 4.90 Å². The normalized spacial score (nSPS) is 20.1. The molecule has 3 aromatic rings. The predicted octanol–water partition coefficient (Wildman–Crippen LogP) is 4.51. The van der Waals surface area contributed by atoms with Crippen molar-refractivity contribution >= 4 is 16.9 Å². The standard InChI is InChI=1S/C20H19F3N4O/c1-11-7-8-27(17(11)13-3-5-15(6-4-13)20(21,22)23)19(28)14-9-16-12(2)25-26-18(16)24-10-14/h3-6,9-11,17H,7-8H2,1-2H3,(H,24,25,26)/t11-,17+/m1/s1. The van der Waals surface area contributed by atoms with Gasteiger partial charge in [-0.15, -0.1) is 0 Å². The van der Waals surface area contributed by atoms with Crippen molar-refractivity contribution in [2.24, 2.45) is 5.92 Å². The molecule has 1 fully saturated rings. The number of likely N-dealkylation sites (tertiary alicyclic amines) is 1. The molecule has 4 rings (SSSR count). The van der Waals surface area contributed by atoms with E-state index in [1.807, 2.05) is 13.8 Å². The van der Waals surface area contributed by atoms with E-state index in [0.29, 0.717) is 23.3 Å². The minimum absolute atomic E-state index is 0.146. The number of aryl methyl sites for hydroxylation is 1. The number of aromatic nitrogens is 3. The van der Waals surface area contributed by atoms with Crippen LogP contribution < -0.4 is 0 Å². The molecule has 0 radical (unpaired) electrons. The lowest BCUT2D eigenvalue weighted by molar-refractivity contribution is -0.137. The van der Waals surface area contributed by atoms with Crippen molar-refractivity contribution in [2.75, 3.05) is 6.54 Å². The Morgan fingerprint density at radius 2 is 1.96 bits per heavy atom. The maximum absolute atomic E-state index is 13.2. The second kappa shape index (κ2) is 6.61.